The molecular weight excluding hydrogens is 176 g/mol. The molecule has 0 atom stereocenters. The number of hydrogen-bond acceptors (Lipinski definition) is 3. The fourth-order valence-electron chi connectivity index (χ4n) is 1.23. The molecule has 1 rings (SSSR count). The Morgan fingerprint density at radius 1 is 1.57 bits per heavy atom. The molecule has 0 aliphatic heterocycles. The highest BCUT2D eigenvalue weighted by Gasteiger charge is 2.01. The Morgan fingerprint density at radius 3 is 2.93 bits per heavy atom. The first-order valence-electron chi connectivity index (χ1n) is 4.75. The third-order valence-electron chi connectivity index (χ3n) is 2.02. The molecule has 0 bridgehead atoms. The Labute approximate surface area is 84.8 Å². The second kappa shape index (κ2) is 5.50. The van der Waals surface area contributed by atoms with Crippen LogP contribution in [0.3, 0.4) is 0 Å². The molecule has 0 aromatic carbocycles. The zero-order chi connectivity index (χ0) is 10.4. The zero-order valence-corrected chi connectivity index (χ0v) is 8.73. The van der Waals surface area contributed by atoms with Crippen LogP contribution >= 0.6 is 0 Å². The molecule has 3 heteroatoms. The lowest BCUT2D eigenvalue weighted by atomic mass is 10.2. The highest BCUT2D eigenvalue weighted by Crippen LogP contribution is 2.01. The predicted molar refractivity (Wildman–Crippen MR) is 55.9 cm³/mol. The largest absolute Gasteiger partial charge is 0.302 e. The maximum atomic E-state index is 10.8. The summed E-state index contributed by atoms with van der Waals surface area (Å²) >= 11 is 0. The Kier molecular flexibility index (Phi) is 4.26. The van der Waals surface area contributed by atoms with Crippen molar-refractivity contribution in [3.63, 3.8) is 0 Å². The van der Waals surface area contributed by atoms with Gasteiger partial charge in [-0.25, -0.2) is 0 Å². The van der Waals surface area contributed by atoms with E-state index in [0.717, 1.165) is 13.1 Å². The summed E-state index contributed by atoms with van der Waals surface area (Å²) in [7, 11) is 2.01. The maximum absolute atomic E-state index is 10.8. The number of carbonyl (C=O) groups is 1. The van der Waals surface area contributed by atoms with Crippen LogP contribution in [0.4, 0.5) is 0 Å². The molecule has 0 spiro atoms. The van der Waals surface area contributed by atoms with E-state index in [-0.39, 0.29) is 5.78 Å². The van der Waals surface area contributed by atoms with Gasteiger partial charge in [-0.1, -0.05) is 6.07 Å². The summed E-state index contributed by atoms with van der Waals surface area (Å²) in [5.74, 6) is 0.239. The van der Waals surface area contributed by atoms with E-state index < -0.39 is 0 Å². The van der Waals surface area contributed by atoms with Crippen molar-refractivity contribution in [1.82, 2.24) is 9.88 Å². The van der Waals surface area contributed by atoms with Crippen LogP contribution < -0.4 is 0 Å². The lowest BCUT2D eigenvalue weighted by molar-refractivity contribution is -0.117. The fourth-order valence-corrected chi connectivity index (χ4v) is 1.23. The third kappa shape index (κ3) is 4.14. The van der Waals surface area contributed by atoms with E-state index in [1.54, 1.807) is 13.1 Å². The summed E-state index contributed by atoms with van der Waals surface area (Å²) in [6.07, 6.45) is 4.24. The van der Waals surface area contributed by atoms with E-state index in [9.17, 15) is 4.79 Å². The van der Waals surface area contributed by atoms with Crippen molar-refractivity contribution in [3.8, 4) is 0 Å². The molecule has 0 saturated heterocycles. The summed E-state index contributed by atoms with van der Waals surface area (Å²) in [6.45, 7) is 3.28. The molecule has 0 N–H and O–H groups in total. The number of aromatic nitrogens is 1. The Hall–Kier alpha value is -1.22. The average molecular weight is 192 g/mol. The maximum Gasteiger partial charge on any atom is 0.131 e. The number of ketones is 1. The van der Waals surface area contributed by atoms with Gasteiger partial charge in [-0.3, -0.25) is 9.78 Å². The minimum absolute atomic E-state index is 0.239. The molecule has 1 aromatic heterocycles. The van der Waals surface area contributed by atoms with Gasteiger partial charge in [0.15, 0.2) is 0 Å². The van der Waals surface area contributed by atoms with E-state index in [2.05, 4.69) is 9.88 Å². The van der Waals surface area contributed by atoms with Gasteiger partial charge in [-0.05, 0) is 25.6 Å². The van der Waals surface area contributed by atoms with Gasteiger partial charge < -0.3 is 4.90 Å². The molecule has 1 heterocycles. The van der Waals surface area contributed by atoms with Gasteiger partial charge in [-0.15, -0.1) is 0 Å². The lowest BCUT2D eigenvalue weighted by Gasteiger charge is -2.15. The van der Waals surface area contributed by atoms with Crippen molar-refractivity contribution < 1.29 is 4.79 Å². The van der Waals surface area contributed by atoms with Gasteiger partial charge in [0.25, 0.3) is 0 Å². The van der Waals surface area contributed by atoms with Crippen molar-refractivity contribution in [3.05, 3.63) is 30.1 Å². The van der Waals surface area contributed by atoms with Crippen LogP contribution in [0, 0.1) is 0 Å². The van der Waals surface area contributed by atoms with E-state index in [1.165, 1.54) is 5.56 Å². The number of hydrogen-bond donors (Lipinski definition) is 0. The van der Waals surface area contributed by atoms with Crippen LogP contribution in [0.25, 0.3) is 0 Å². The predicted octanol–water partition coefficient (Wildman–Crippen LogP) is 1.49. The topological polar surface area (TPSA) is 33.2 Å². The number of pyridine rings is 1. The average Bonchev–Trinajstić information content (AvgIpc) is 2.16. The monoisotopic (exact) mass is 192 g/mol. The molecule has 0 fully saturated rings. The highest BCUT2D eigenvalue weighted by molar-refractivity contribution is 5.75. The minimum atomic E-state index is 0.239. The molecule has 0 radical (unpaired) electrons. The van der Waals surface area contributed by atoms with Crippen molar-refractivity contribution in [2.75, 3.05) is 13.6 Å². The van der Waals surface area contributed by atoms with Crippen LogP contribution in [0.15, 0.2) is 24.5 Å². The molecule has 0 aliphatic carbocycles. The molecule has 14 heavy (non-hydrogen) atoms. The SMILES string of the molecule is CC(=O)CCN(C)Cc1cccnc1. The second-order valence-electron chi connectivity index (χ2n) is 3.55. The smallest absolute Gasteiger partial charge is 0.131 e. The first-order chi connectivity index (χ1) is 6.68. The van der Waals surface area contributed by atoms with E-state index in [4.69, 9.17) is 0 Å². The standard InChI is InChI=1S/C11H16N2O/c1-10(14)5-7-13(2)9-11-4-3-6-12-8-11/h3-4,6,8H,5,7,9H2,1-2H3. The van der Waals surface area contributed by atoms with Gasteiger partial charge in [-0.2, -0.15) is 0 Å². The van der Waals surface area contributed by atoms with E-state index in [1.807, 2.05) is 25.4 Å². The molecule has 0 aliphatic rings. The van der Waals surface area contributed by atoms with E-state index in [0.29, 0.717) is 6.42 Å². The van der Waals surface area contributed by atoms with Crippen LogP contribution in [0.2, 0.25) is 0 Å². The number of carbonyl (C=O) groups excluding carboxylic acids is 1. The van der Waals surface area contributed by atoms with Crippen molar-refractivity contribution in [2.45, 2.75) is 19.9 Å². The van der Waals surface area contributed by atoms with E-state index >= 15 is 0 Å². The normalized spacial score (nSPS) is 10.5. The Morgan fingerprint density at radius 2 is 2.36 bits per heavy atom. The van der Waals surface area contributed by atoms with Gasteiger partial charge in [0.05, 0.1) is 0 Å². The first-order valence-corrected chi connectivity index (χ1v) is 4.75. The van der Waals surface area contributed by atoms with Crippen molar-refractivity contribution in [2.24, 2.45) is 0 Å². The fraction of sp³-hybridized carbons (Fsp3) is 0.455. The van der Waals surface area contributed by atoms with Crippen LogP contribution in [0.1, 0.15) is 18.9 Å². The van der Waals surface area contributed by atoms with Crippen LogP contribution in [-0.2, 0) is 11.3 Å². The molecule has 1 aromatic rings. The summed E-state index contributed by atoms with van der Waals surface area (Å²) in [6, 6.07) is 3.96. The first kappa shape index (κ1) is 10.9. The molecule has 0 unspecified atom stereocenters. The van der Waals surface area contributed by atoms with Crippen molar-refractivity contribution in [1.29, 1.82) is 0 Å². The summed E-state index contributed by atoms with van der Waals surface area (Å²) in [5, 5.41) is 0. The number of Topliss-reactive ketones (excluding diaryl/α,β-unsaturated/α-hetero) is 1. The lowest BCUT2D eigenvalue weighted by Crippen LogP contribution is -2.20. The summed E-state index contributed by atoms with van der Waals surface area (Å²) in [4.78, 5) is 16.9. The van der Waals surface area contributed by atoms with Crippen LogP contribution in [0.5, 0.6) is 0 Å². The molecule has 3 nitrogen and oxygen atoms in total. The number of nitrogens with zero attached hydrogens (tertiary/aromatic N) is 2. The quantitative estimate of drug-likeness (QED) is 0.708. The highest BCUT2D eigenvalue weighted by atomic mass is 16.1. The second-order valence-corrected chi connectivity index (χ2v) is 3.55. The van der Waals surface area contributed by atoms with Gasteiger partial charge in [0, 0.05) is 31.9 Å². The molecule has 0 saturated carbocycles. The van der Waals surface area contributed by atoms with Crippen LogP contribution in [-0.4, -0.2) is 29.3 Å². The summed E-state index contributed by atoms with van der Waals surface area (Å²) < 4.78 is 0. The molecular formula is C11H16N2O. The zero-order valence-electron chi connectivity index (χ0n) is 8.73. The van der Waals surface area contributed by atoms with Gasteiger partial charge in [0.2, 0.25) is 0 Å². The third-order valence-corrected chi connectivity index (χ3v) is 2.02. The summed E-state index contributed by atoms with van der Waals surface area (Å²) in [5.41, 5.74) is 1.18. The Balaban J connectivity index is 2.34. The Bertz CT molecular complexity index is 285. The van der Waals surface area contributed by atoms with Crippen molar-refractivity contribution >= 4 is 5.78 Å². The molecule has 76 valence electrons. The van der Waals surface area contributed by atoms with Gasteiger partial charge in [0.1, 0.15) is 5.78 Å². The minimum Gasteiger partial charge on any atom is -0.302 e. The van der Waals surface area contributed by atoms with Gasteiger partial charge >= 0.3 is 0 Å². The number of rotatable bonds is 5. The molecule has 0 amide bonds.